The van der Waals surface area contributed by atoms with Gasteiger partial charge in [0.2, 0.25) is 0 Å². The van der Waals surface area contributed by atoms with Gasteiger partial charge in [-0.2, -0.15) is 8.78 Å². The van der Waals surface area contributed by atoms with E-state index in [9.17, 15) is 8.78 Å². The zero-order valence-electron chi connectivity index (χ0n) is 9.50. The second kappa shape index (κ2) is 6.67. The van der Waals surface area contributed by atoms with Crippen molar-refractivity contribution in [1.82, 2.24) is 0 Å². The second-order valence-corrected chi connectivity index (χ2v) is 6.90. The SMILES string of the molecule is FC(F)Oc1cccc(NCc2cc(Br)c(Br)s2)c1. The van der Waals surface area contributed by atoms with Crippen LogP contribution in [0.1, 0.15) is 4.88 Å². The summed E-state index contributed by atoms with van der Waals surface area (Å²) in [6, 6.07) is 8.51. The molecule has 1 N–H and O–H groups in total. The molecule has 0 atom stereocenters. The van der Waals surface area contributed by atoms with E-state index in [0.29, 0.717) is 6.54 Å². The van der Waals surface area contributed by atoms with E-state index in [1.165, 1.54) is 6.07 Å². The maximum Gasteiger partial charge on any atom is 0.387 e. The van der Waals surface area contributed by atoms with Crippen molar-refractivity contribution in [1.29, 1.82) is 0 Å². The monoisotopic (exact) mass is 411 g/mol. The highest BCUT2D eigenvalue weighted by Crippen LogP contribution is 2.32. The van der Waals surface area contributed by atoms with Crippen molar-refractivity contribution >= 4 is 48.9 Å². The number of hydrogen-bond acceptors (Lipinski definition) is 3. The Balaban J connectivity index is 1.99. The molecule has 0 amide bonds. The molecule has 0 fully saturated rings. The molecule has 1 heterocycles. The third-order valence-corrected chi connectivity index (χ3v) is 5.48. The van der Waals surface area contributed by atoms with E-state index in [1.54, 1.807) is 29.5 Å². The quantitative estimate of drug-likeness (QED) is 0.701. The first-order chi connectivity index (χ1) is 9.04. The van der Waals surface area contributed by atoms with E-state index in [1.807, 2.05) is 6.07 Å². The Labute approximate surface area is 130 Å². The minimum atomic E-state index is -2.81. The highest BCUT2D eigenvalue weighted by molar-refractivity contribution is 9.13. The lowest BCUT2D eigenvalue weighted by atomic mass is 10.3. The average Bonchev–Trinajstić information content (AvgIpc) is 2.66. The summed E-state index contributed by atoms with van der Waals surface area (Å²) in [6.07, 6.45) is 0. The van der Waals surface area contributed by atoms with Gasteiger partial charge in [-0.25, -0.2) is 0 Å². The molecule has 1 aromatic carbocycles. The molecular formula is C12H9Br2F2NOS. The van der Waals surface area contributed by atoms with Crippen LogP contribution in [0.25, 0.3) is 0 Å². The molecule has 2 rings (SSSR count). The number of thiophene rings is 1. The van der Waals surface area contributed by atoms with E-state index >= 15 is 0 Å². The molecule has 0 saturated heterocycles. The van der Waals surface area contributed by atoms with Gasteiger partial charge in [-0.1, -0.05) is 6.07 Å². The van der Waals surface area contributed by atoms with Crippen LogP contribution in [0.15, 0.2) is 38.6 Å². The zero-order chi connectivity index (χ0) is 13.8. The van der Waals surface area contributed by atoms with Gasteiger partial charge in [-0.15, -0.1) is 11.3 Å². The van der Waals surface area contributed by atoms with Gasteiger partial charge in [0, 0.05) is 27.6 Å². The number of nitrogens with one attached hydrogen (secondary N) is 1. The van der Waals surface area contributed by atoms with E-state index in [0.717, 1.165) is 18.8 Å². The van der Waals surface area contributed by atoms with Gasteiger partial charge in [0.1, 0.15) is 5.75 Å². The lowest BCUT2D eigenvalue weighted by Gasteiger charge is -2.08. The number of anilines is 1. The van der Waals surface area contributed by atoms with Crippen LogP contribution in [0.2, 0.25) is 0 Å². The Morgan fingerprint density at radius 2 is 2.05 bits per heavy atom. The molecule has 0 bridgehead atoms. The Kier molecular flexibility index (Phi) is 5.18. The highest BCUT2D eigenvalue weighted by atomic mass is 79.9. The van der Waals surface area contributed by atoms with Gasteiger partial charge in [0.05, 0.1) is 3.79 Å². The van der Waals surface area contributed by atoms with Crippen molar-refractivity contribution < 1.29 is 13.5 Å². The van der Waals surface area contributed by atoms with Crippen molar-refractivity contribution in [3.8, 4) is 5.75 Å². The Bertz CT molecular complexity index is 543. The number of rotatable bonds is 5. The predicted octanol–water partition coefficient (Wildman–Crippen LogP) is 5.49. The molecule has 2 aromatic rings. The first kappa shape index (κ1) is 14.7. The highest BCUT2D eigenvalue weighted by Gasteiger charge is 2.06. The summed E-state index contributed by atoms with van der Waals surface area (Å²) in [7, 11) is 0. The second-order valence-electron chi connectivity index (χ2n) is 3.59. The van der Waals surface area contributed by atoms with Gasteiger partial charge in [0.15, 0.2) is 0 Å². The van der Waals surface area contributed by atoms with Gasteiger partial charge in [0.25, 0.3) is 0 Å². The minimum absolute atomic E-state index is 0.147. The Morgan fingerprint density at radius 3 is 2.68 bits per heavy atom. The van der Waals surface area contributed by atoms with E-state index in [2.05, 4.69) is 41.9 Å². The van der Waals surface area contributed by atoms with E-state index in [4.69, 9.17) is 0 Å². The summed E-state index contributed by atoms with van der Waals surface area (Å²) >= 11 is 8.44. The molecule has 19 heavy (non-hydrogen) atoms. The molecule has 0 unspecified atom stereocenters. The molecule has 0 radical (unpaired) electrons. The number of hydrogen-bond donors (Lipinski definition) is 1. The van der Waals surface area contributed by atoms with Gasteiger partial charge in [-0.3, -0.25) is 0 Å². The Hall–Kier alpha value is -0.660. The minimum Gasteiger partial charge on any atom is -0.435 e. The van der Waals surface area contributed by atoms with E-state index < -0.39 is 6.61 Å². The molecule has 0 spiro atoms. The van der Waals surface area contributed by atoms with Crippen LogP contribution in [0, 0.1) is 0 Å². The average molecular weight is 413 g/mol. The van der Waals surface area contributed by atoms with Crippen LogP contribution in [-0.2, 0) is 6.54 Å². The van der Waals surface area contributed by atoms with Gasteiger partial charge in [-0.05, 0) is 50.1 Å². The van der Waals surface area contributed by atoms with Crippen LogP contribution in [0.5, 0.6) is 5.75 Å². The predicted molar refractivity (Wildman–Crippen MR) is 80.1 cm³/mol. The fourth-order valence-corrected chi connectivity index (χ4v) is 3.57. The maximum absolute atomic E-state index is 12.1. The van der Waals surface area contributed by atoms with Crippen molar-refractivity contribution in [2.24, 2.45) is 0 Å². The molecule has 0 aliphatic heterocycles. The van der Waals surface area contributed by atoms with Crippen molar-refractivity contribution in [2.45, 2.75) is 13.2 Å². The number of alkyl halides is 2. The van der Waals surface area contributed by atoms with Crippen molar-refractivity contribution in [3.05, 3.63) is 43.5 Å². The summed E-state index contributed by atoms with van der Waals surface area (Å²) in [6.45, 7) is -2.19. The lowest BCUT2D eigenvalue weighted by molar-refractivity contribution is -0.0498. The smallest absolute Gasteiger partial charge is 0.387 e. The molecule has 0 aliphatic rings. The van der Waals surface area contributed by atoms with Crippen molar-refractivity contribution in [2.75, 3.05) is 5.32 Å². The normalized spacial score (nSPS) is 10.8. The molecular weight excluding hydrogens is 404 g/mol. The number of ether oxygens (including phenoxy) is 1. The molecule has 0 saturated carbocycles. The fourth-order valence-electron chi connectivity index (χ4n) is 1.45. The van der Waals surface area contributed by atoms with Gasteiger partial charge < -0.3 is 10.1 Å². The summed E-state index contributed by atoms with van der Waals surface area (Å²) in [5.74, 6) is 0.147. The third-order valence-electron chi connectivity index (χ3n) is 2.22. The van der Waals surface area contributed by atoms with Gasteiger partial charge >= 0.3 is 6.61 Å². The van der Waals surface area contributed by atoms with Crippen LogP contribution in [0.4, 0.5) is 14.5 Å². The van der Waals surface area contributed by atoms with Crippen molar-refractivity contribution in [3.63, 3.8) is 0 Å². The van der Waals surface area contributed by atoms with Crippen LogP contribution < -0.4 is 10.1 Å². The summed E-state index contributed by atoms with van der Waals surface area (Å²) in [5, 5.41) is 3.16. The summed E-state index contributed by atoms with van der Waals surface area (Å²) in [5.41, 5.74) is 0.735. The summed E-state index contributed by atoms with van der Waals surface area (Å²) in [4.78, 5) is 1.12. The fraction of sp³-hybridized carbons (Fsp3) is 0.167. The molecule has 7 heteroatoms. The maximum atomic E-state index is 12.1. The Morgan fingerprint density at radius 1 is 1.26 bits per heavy atom. The largest absolute Gasteiger partial charge is 0.435 e. The topological polar surface area (TPSA) is 21.3 Å². The first-order valence-corrected chi connectivity index (χ1v) is 7.67. The molecule has 102 valence electrons. The van der Waals surface area contributed by atoms with Crippen LogP contribution in [-0.4, -0.2) is 6.61 Å². The zero-order valence-corrected chi connectivity index (χ0v) is 13.5. The summed E-state index contributed by atoms with van der Waals surface area (Å²) < 4.78 is 30.6. The lowest BCUT2D eigenvalue weighted by Crippen LogP contribution is -2.03. The third kappa shape index (κ3) is 4.43. The van der Waals surface area contributed by atoms with Crippen LogP contribution >= 0.6 is 43.2 Å². The molecule has 1 aromatic heterocycles. The number of halogens is 4. The number of benzene rings is 1. The first-order valence-electron chi connectivity index (χ1n) is 5.27. The molecule has 2 nitrogen and oxygen atoms in total. The van der Waals surface area contributed by atoms with E-state index in [-0.39, 0.29) is 5.75 Å². The van der Waals surface area contributed by atoms with Crippen LogP contribution in [0.3, 0.4) is 0 Å². The molecule has 0 aliphatic carbocycles. The standard InChI is InChI=1S/C12H9Br2F2NOS/c13-10-5-9(19-11(10)14)6-17-7-2-1-3-8(4-7)18-12(15)16/h1-5,12,17H,6H2.